The normalized spacial score (nSPS) is 10.4. The number of rotatable bonds is 4. The maximum atomic E-state index is 8.96. The molecule has 0 unspecified atom stereocenters. The predicted molar refractivity (Wildman–Crippen MR) is 78.8 cm³/mol. The molecule has 0 heterocycles. The molecule has 2 aromatic rings. The second kappa shape index (κ2) is 6.23. The molecule has 2 nitrogen and oxygen atoms in total. The van der Waals surface area contributed by atoms with Crippen LogP contribution in [-0.4, -0.2) is 5.11 Å². The first kappa shape index (κ1) is 13.4. The van der Waals surface area contributed by atoms with E-state index < -0.39 is 0 Å². The zero-order valence-corrected chi connectivity index (χ0v) is 12.0. The molecule has 4 heteroatoms. The maximum absolute atomic E-state index is 8.96. The highest BCUT2D eigenvalue weighted by atomic mass is 79.9. The fraction of sp³-hybridized carbons (Fsp3) is 0.143. The standard InChI is InChI=1S/C14H13BrClNO/c15-13-6-5-12(7-14(13)16)17-8-10-1-3-11(9-18)4-2-10/h1-7,17-18H,8-9H2. The third-order valence-corrected chi connectivity index (χ3v) is 3.85. The highest BCUT2D eigenvalue weighted by molar-refractivity contribution is 9.10. The first-order valence-electron chi connectivity index (χ1n) is 5.56. The molecule has 0 bridgehead atoms. The van der Waals surface area contributed by atoms with Crippen LogP contribution in [-0.2, 0) is 13.2 Å². The van der Waals surface area contributed by atoms with Gasteiger partial charge in [-0.3, -0.25) is 0 Å². The van der Waals surface area contributed by atoms with Gasteiger partial charge in [-0.25, -0.2) is 0 Å². The van der Waals surface area contributed by atoms with E-state index in [0.29, 0.717) is 5.02 Å². The van der Waals surface area contributed by atoms with Crippen LogP contribution in [0.5, 0.6) is 0 Å². The summed E-state index contributed by atoms with van der Waals surface area (Å²) in [7, 11) is 0. The van der Waals surface area contributed by atoms with Crippen molar-refractivity contribution < 1.29 is 5.11 Å². The Hall–Kier alpha value is -1.03. The Labute approximate surface area is 120 Å². The Morgan fingerprint density at radius 3 is 2.33 bits per heavy atom. The smallest absolute Gasteiger partial charge is 0.0681 e. The minimum absolute atomic E-state index is 0.0794. The molecule has 0 fully saturated rings. The van der Waals surface area contributed by atoms with E-state index in [-0.39, 0.29) is 6.61 Å². The highest BCUT2D eigenvalue weighted by Gasteiger charge is 1.99. The van der Waals surface area contributed by atoms with Crippen molar-refractivity contribution in [2.45, 2.75) is 13.2 Å². The number of aliphatic hydroxyl groups is 1. The zero-order chi connectivity index (χ0) is 13.0. The van der Waals surface area contributed by atoms with Crippen LogP contribution in [0.15, 0.2) is 46.9 Å². The first-order chi connectivity index (χ1) is 8.69. The summed E-state index contributed by atoms with van der Waals surface area (Å²) in [6, 6.07) is 13.6. The lowest BCUT2D eigenvalue weighted by molar-refractivity contribution is 0.282. The van der Waals surface area contributed by atoms with Crippen molar-refractivity contribution in [1.29, 1.82) is 0 Å². The van der Waals surface area contributed by atoms with E-state index in [2.05, 4.69) is 21.2 Å². The van der Waals surface area contributed by atoms with Crippen molar-refractivity contribution in [2.75, 3.05) is 5.32 Å². The van der Waals surface area contributed by atoms with Crippen LogP contribution in [0, 0.1) is 0 Å². The van der Waals surface area contributed by atoms with Gasteiger partial charge in [-0.15, -0.1) is 0 Å². The number of aliphatic hydroxyl groups excluding tert-OH is 1. The van der Waals surface area contributed by atoms with Crippen molar-refractivity contribution in [3.8, 4) is 0 Å². The van der Waals surface area contributed by atoms with Crippen molar-refractivity contribution >= 4 is 33.2 Å². The van der Waals surface area contributed by atoms with Crippen molar-refractivity contribution in [3.05, 3.63) is 63.1 Å². The number of nitrogens with one attached hydrogen (secondary N) is 1. The molecule has 94 valence electrons. The molecule has 2 N–H and O–H groups in total. The van der Waals surface area contributed by atoms with Crippen LogP contribution in [0.2, 0.25) is 5.02 Å². The Morgan fingerprint density at radius 1 is 1.06 bits per heavy atom. The molecular formula is C14H13BrClNO. The highest BCUT2D eigenvalue weighted by Crippen LogP contribution is 2.25. The molecule has 0 saturated heterocycles. The number of anilines is 1. The summed E-state index contributed by atoms with van der Waals surface area (Å²) in [4.78, 5) is 0. The predicted octanol–water partition coefficient (Wildman–Crippen LogP) is 4.21. The summed E-state index contributed by atoms with van der Waals surface area (Å²) in [5.41, 5.74) is 3.06. The second-order valence-electron chi connectivity index (χ2n) is 3.96. The minimum atomic E-state index is 0.0794. The van der Waals surface area contributed by atoms with Crippen LogP contribution in [0.25, 0.3) is 0 Å². The first-order valence-corrected chi connectivity index (χ1v) is 6.74. The van der Waals surface area contributed by atoms with Crippen molar-refractivity contribution in [1.82, 2.24) is 0 Å². The van der Waals surface area contributed by atoms with E-state index in [1.54, 1.807) is 0 Å². The lowest BCUT2D eigenvalue weighted by Gasteiger charge is -2.08. The van der Waals surface area contributed by atoms with Gasteiger partial charge < -0.3 is 10.4 Å². The van der Waals surface area contributed by atoms with Crippen LogP contribution in [0.3, 0.4) is 0 Å². The van der Waals surface area contributed by atoms with Gasteiger partial charge in [0.15, 0.2) is 0 Å². The van der Waals surface area contributed by atoms with Gasteiger partial charge in [0.2, 0.25) is 0 Å². The molecule has 0 amide bonds. The largest absolute Gasteiger partial charge is 0.392 e. The fourth-order valence-electron chi connectivity index (χ4n) is 1.57. The zero-order valence-electron chi connectivity index (χ0n) is 9.66. The summed E-state index contributed by atoms with van der Waals surface area (Å²) in [5, 5.41) is 12.9. The summed E-state index contributed by atoms with van der Waals surface area (Å²) < 4.78 is 0.891. The summed E-state index contributed by atoms with van der Waals surface area (Å²) >= 11 is 9.38. The van der Waals surface area contributed by atoms with Crippen LogP contribution in [0.1, 0.15) is 11.1 Å². The van der Waals surface area contributed by atoms with E-state index in [1.807, 2.05) is 42.5 Å². The van der Waals surface area contributed by atoms with Gasteiger partial charge in [-0.05, 0) is 45.3 Å². The molecule has 2 rings (SSSR count). The van der Waals surface area contributed by atoms with E-state index in [4.69, 9.17) is 16.7 Å². The average Bonchev–Trinajstić information content (AvgIpc) is 2.41. The Bertz CT molecular complexity index is 528. The minimum Gasteiger partial charge on any atom is -0.392 e. The van der Waals surface area contributed by atoms with Gasteiger partial charge in [0.05, 0.1) is 11.6 Å². The third kappa shape index (κ3) is 3.48. The van der Waals surface area contributed by atoms with Gasteiger partial charge >= 0.3 is 0 Å². The quantitative estimate of drug-likeness (QED) is 0.882. The molecule has 0 aliphatic heterocycles. The van der Waals surface area contributed by atoms with Gasteiger partial charge in [-0.1, -0.05) is 35.9 Å². The molecule has 2 aromatic carbocycles. The van der Waals surface area contributed by atoms with Crippen LogP contribution in [0.4, 0.5) is 5.69 Å². The third-order valence-electron chi connectivity index (χ3n) is 2.62. The lowest BCUT2D eigenvalue weighted by atomic mass is 10.1. The molecule has 0 saturated carbocycles. The molecule has 0 aliphatic carbocycles. The van der Waals surface area contributed by atoms with E-state index in [1.165, 1.54) is 0 Å². The molecule has 0 atom stereocenters. The molecule has 0 aromatic heterocycles. The van der Waals surface area contributed by atoms with Gasteiger partial charge in [0.25, 0.3) is 0 Å². The number of halogens is 2. The molecule has 0 radical (unpaired) electrons. The van der Waals surface area contributed by atoms with Crippen LogP contribution >= 0.6 is 27.5 Å². The monoisotopic (exact) mass is 325 g/mol. The van der Waals surface area contributed by atoms with Gasteiger partial charge in [0, 0.05) is 16.7 Å². The van der Waals surface area contributed by atoms with E-state index >= 15 is 0 Å². The summed E-state index contributed by atoms with van der Waals surface area (Å²) in [6.07, 6.45) is 0. The molecule has 0 spiro atoms. The lowest BCUT2D eigenvalue weighted by Crippen LogP contribution is -1.99. The van der Waals surface area contributed by atoms with Crippen molar-refractivity contribution in [3.63, 3.8) is 0 Å². The maximum Gasteiger partial charge on any atom is 0.0681 e. The Balaban J connectivity index is 1.99. The Kier molecular flexibility index (Phi) is 4.64. The van der Waals surface area contributed by atoms with Gasteiger partial charge in [0.1, 0.15) is 0 Å². The van der Waals surface area contributed by atoms with Crippen LogP contribution < -0.4 is 5.32 Å². The molecular weight excluding hydrogens is 314 g/mol. The molecule has 0 aliphatic rings. The summed E-state index contributed by atoms with van der Waals surface area (Å²) in [6.45, 7) is 0.805. The van der Waals surface area contributed by atoms with E-state index in [9.17, 15) is 0 Å². The SMILES string of the molecule is OCc1ccc(CNc2ccc(Br)c(Cl)c2)cc1. The average molecular weight is 327 g/mol. The van der Waals surface area contributed by atoms with E-state index in [0.717, 1.165) is 27.8 Å². The topological polar surface area (TPSA) is 32.3 Å². The Morgan fingerprint density at radius 2 is 1.72 bits per heavy atom. The van der Waals surface area contributed by atoms with Gasteiger partial charge in [-0.2, -0.15) is 0 Å². The number of hydrogen-bond donors (Lipinski definition) is 2. The summed E-state index contributed by atoms with van der Waals surface area (Å²) in [5.74, 6) is 0. The van der Waals surface area contributed by atoms with Crippen molar-refractivity contribution in [2.24, 2.45) is 0 Å². The molecule has 18 heavy (non-hydrogen) atoms. The fourth-order valence-corrected chi connectivity index (χ4v) is 2.00. The number of benzene rings is 2. The second-order valence-corrected chi connectivity index (χ2v) is 5.22. The number of hydrogen-bond acceptors (Lipinski definition) is 2.